The van der Waals surface area contributed by atoms with E-state index < -0.39 is 0 Å². The molecule has 0 saturated heterocycles. The van der Waals surface area contributed by atoms with Gasteiger partial charge in [0.1, 0.15) is 5.82 Å². The Labute approximate surface area is 131 Å². The van der Waals surface area contributed by atoms with Crippen LogP contribution in [-0.4, -0.2) is 31.9 Å². The minimum Gasteiger partial charge on any atom is -0.395 e. The summed E-state index contributed by atoms with van der Waals surface area (Å²) in [5, 5.41) is 12.3. The lowest BCUT2D eigenvalue weighted by atomic mass is 10.1. The van der Waals surface area contributed by atoms with Crippen LogP contribution in [0, 0.1) is 5.82 Å². The molecule has 4 heteroatoms. The van der Waals surface area contributed by atoms with Gasteiger partial charge in [-0.25, -0.2) is 4.39 Å². The van der Waals surface area contributed by atoms with Gasteiger partial charge in [-0.3, -0.25) is 0 Å². The lowest BCUT2D eigenvalue weighted by molar-refractivity contribution is 0.303. The number of hydrogen-bond donors (Lipinski definition) is 2. The molecule has 0 aliphatic rings. The fourth-order valence-corrected chi connectivity index (χ4v) is 2.34. The van der Waals surface area contributed by atoms with E-state index in [0.717, 1.165) is 18.5 Å². The Hall–Kier alpha value is -1.91. The topological polar surface area (TPSA) is 35.5 Å². The number of rotatable bonds is 8. The van der Waals surface area contributed by atoms with Crippen LogP contribution in [0.1, 0.15) is 11.1 Å². The van der Waals surface area contributed by atoms with Crippen molar-refractivity contribution in [3.8, 4) is 0 Å². The SMILES string of the molecule is CN(CCO)c1cc(CNCCc2ccccc2)ccc1F. The van der Waals surface area contributed by atoms with Crippen LogP contribution in [0.4, 0.5) is 10.1 Å². The van der Waals surface area contributed by atoms with Crippen LogP contribution >= 0.6 is 0 Å². The van der Waals surface area contributed by atoms with Crippen molar-refractivity contribution in [2.24, 2.45) is 0 Å². The summed E-state index contributed by atoms with van der Waals surface area (Å²) in [5.41, 5.74) is 2.86. The van der Waals surface area contributed by atoms with Crippen LogP contribution in [0.3, 0.4) is 0 Å². The highest BCUT2D eigenvalue weighted by molar-refractivity contribution is 5.49. The van der Waals surface area contributed by atoms with Gasteiger partial charge in [-0.15, -0.1) is 0 Å². The number of nitrogens with one attached hydrogen (secondary N) is 1. The molecule has 0 aromatic heterocycles. The third-order valence-electron chi connectivity index (χ3n) is 3.62. The summed E-state index contributed by atoms with van der Waals surface area (Å²) < 4.78 is 13.8. The van der Waals surface area contributed by atoms with Crippen LogP contribution < -0.4 is 10.2 Å². The quantitative estimate of drug-likeness (QED) is 0.736. The van der Waals surface area contributed by atoms with Gasteiger partial charge in [-0.05, 0) is 36.2 Å². The summed E-state index contributed by atoms with van der Waals surface area (Å²) >= 11 is 0. The average Bonchev–Trinajstić information content (AvgIpc) is 2.54. The molecule has 0 spiro atoms. The second-order valence-corrected chi connectivity index (χ2v) is 5.34. The maximum absolute atomic E-state index is 13.8. The average molecular weight is 302 g/mol. The number of anilines is 1. The zero-order chi connectivity index (χ0) is 15.8. The third-order valence-corrected chi connectivity index (χ3v) is 3.62. The molecular weight excluding hydrogens is 279 g/mol. The predicted molar refractivity (Wildman–Crippen MR) is 88.6 cm³/mol. The summed E-state index contributed by atoms with van der Waals surface area (Å²) in [6, 6.07) is 15.4. The number of aliphatic hydroxyl groups is 1. The normalized spacial score (nSPS) is 10.7. The van der Waals surface area contributed by atoms with Crippen molar-refractivity contribution < 1.29 is 9.50 Å². The van der Waals surface area contributed by atoms with Crippen LogP contribution in [0.15, 0.2) is 48.5 Å². The number of nitrogens with zero attached hydrogens (tertiary/aromatic N) is 1. The van der Waals surface area contributed by atoms with Gasteiger partial charge in [-0.1, -0.05) is 36.4 Å². The lowest BCUT2D eigenvalue weighted by Crippen LogP contribution is -2.23. The Balaban J connectivity index is 1.86. The molecule has 2 aromatic carbocycles. The molecule has 2 N–H and O–H groups in total. The van der Waals surface area contributed by atoms with E-state index in [4.69, 9.17) is 5.11 Å². The summed E-state index contributed by atoms with van der Waals surface area (Å²) in [6.07, 6.45) is 0.972. The van der Waals surface area contributed by atoms with E-state index in [2.05, 4.69) is 17.4 Å². The van der Waals surface area contributed by atoms with Crippen molar-refractivity contribution in [3.05, 3.63) is 65.5 Å². The van der Waals surface area contributed by atoms with Gasteiger partial charge in [0.05, 0.1) is 12.3 Å². The van der Waals surface area contributed by atoms with Crippen LogP contribution in [0.5, 0.6) is 0 Å². The van der Waals surface area contributed by atoms with E-state index >= 15 is 0 Å². The lowest BCUT2D eigenvalue weighted by Gasteiger charge is -2.19. The Morgan fingerprint density at radius 1 is 1.09 bits per heavy atom. The maximum Gasteiger partial charge on any atom is 0.146 e. The van der Waals surface area contributed by atoms with Crippen LogP contribution in [0.2, 0.25) is 0 Å². The van der Waals surface area contributed by atoms with Crippen LogP contribution in [-0.2, 0) is 13.0 Å². The Kier molecular flexibility index (Phi) is 6.37. The molecule has 0 bridgehead atoms. The number of likely N-dealkylation sites (N-methyl/N-ethyl adjacent to an activating group) is 1. The molecule has 0 aliphatic heterocycles. The van der Waals surface area contributed by atoms with Gasteiger partial charge in [0.15, 0.2) is 0 Å². The minimum atomic E-state index is -0.260. The molecule has 2 rings (SSSR count). The fourth-order valence-electron chi connectivity index (χ4n) is 2.34. The molecule has 0 unspecified atom stereocenters. The Morgan fingerprint density at radius 2 is 1.86 bits per heavy atom. The van der Waals surface area contributed by atoms with Crippen molar-refractivity contribution in [1.82, 2.24) is 5.32 Å². The molecule has 0 amide bonds. The summed E-state index contributed by atoms with van der Waals surface area (Å²) in [6.45, 7) is 2.01. The number of hydrogen-bond acceptors (Lipinski definition) is 3. The van der Waals surface area contributed by atoms with Gasteiger partial charge in [0.25, 0.3) is 0 Å². The molecule has 0 fully saturated rings. The highest BCUT2D eigenvalue weighted by atomic mass is 19.1. The van der Waals surface area contributed by atoms with E-state index in [9.17, 15) is 4.39 Å². The third kappa shape index (κ3) is 4.83. The van der Waals surface area contributed by atoms with Crippen molar-refractivity contribution >= 4 is 5.69 Å². The van der Waals surface area contributed by atoms with Gasteiger partial charge in [-0.2, -0.15) is 0 Å². The van der Waals surface area contributed by atoms with E-state index in [-0.39, 0.29) is 12.4 Å². The predicted octanol–water partition coefficient (Wildman–Crippen LogP) is 2.59. The zero-order valence-corrected chi connectivity index (χ0v) is 12.9. The molecule has 0 aliphatic carbocycles. The van der Waals surface area contributed by atoms with E-state index in [1.165, 1.54) is 11.6 Å². The van der Waals surface area contributed by atoms with Crippen LogP contribution in [0.25, 0.3) is 0 Å². The largest absolute Gasteiger partial charge is 0.395 e. The van der Waals surface area contributed by atoms with E-state index in [0.29, 0.717) is 18.8 Å². The monoisotopic (exact) mass is 302 g/mol. The number of aliphatic hydroxyl groups excluding tert-OH is 1. The molecule has 0 heterocycles. The second-order valence-electron chi connectivity index (χ2n) is 5.34. The molecule has 0 radical (unpaired) electrons. The summed E-state index contributed by atoms with van der Waals surface area (Å²) in [5.74, 6) is -0.260. The second kappa shape index (κ2) is 8.51. The molecule has 2 aromatic rings. The minimum absolute atomic E-state index is 0.00942. The maximum atomic E-state index is 13.8. The highest BCUT2D eigenvalue weighted by Crippen LogP contribution is 2.19. The first-order chi connectivity index (χ1) is 10.7. The Morgan fingerprint density at radius 3 is 2.59 bits per heavy atom. The van der Waals surface area contributed by atoms with E-state index in [1.807, 2.05) is 24.3 Å². The van der Waals surface area contributed by atoms with E-state index in [1.54, 1.807) is 18.0 Å². The molecule has 0 saturated carbocycles. The zero-order valence-electron chi connectivity index (χ0n) is 12.9. The fraction of sp³-hybridized carbons (Fsp3) is 0.333. The highest BCUT2D eigenvalue weighted by Gasteiger charge is 2.08. The molecule has 3 nitrogen and oxygen atoms in total. The molecule has 118 valence electrons. The van der Waals surface area contributed by atoms with Crippen molar-refractivity contribution in [2.45, 2.75) is 13.0 Å². The van der Waals surface area contributed by atoms with Gasteiger partial charge in [0, 0.05) is 20.1 Å². The van der Waals surface area contributed by atoms with Crippen molar-refractivity contribution in [1.29, 1.82) is 0 Å². The standard InChI is InChI=1S/C18H23FN2O/c1-21(11-12-22)18-13-16(7-8-17(18)19)14-20-10-9-15-5-3-2-4-6-15/h2-8,13,20,22H,9-12,14H2,1H3. The summed E-state index contributed by atoms with van der Waals surface area (Å²) in [4.78, 5) is 1.73. The van der Waals surface area contributed by atoms with Gasteiger partial charge >= 0.3 is 0 Å². The molecule has 22 heavy (non-hydrogen) atoms. The summed E-state index contributed by atoms with van der Waals surface area (Å²) in [7, 11) is 1.78. The first-order valence-corrected chi connectivity index (χ1v) is 7.56. The smallest absolute Gasteiger partial charge is 0.146 e. The first-order valence-electron chi connectivity index (χ1n) is 7.56. The first kappa shape index (κ1) is 16.5. The number of halogens is 1. The molecular formula is C18H23FN2O. The van der Waals surface area contributed by atoms with Gasteiger partial charge in [0.2, 0.25) is 0 Å². The van der Waals surface area contributed by atoms with Gasteiger partial charge < -0.3 is 15.3 Å². The number of benzene rings is 2. The Bertz CT molecular complexity index is 575. The molecule has 0 atom stereocenters. The van der Waals surface area contributed by atoms with Crippen molar-refractivity contribution in [3.63, 3.8) is 0 Å². The van der Waals surface area contributed by atoms with Crippen molar-refractivity contribution in [2.75, 3.05) is 31.6 Å².